The maximum absolute atomic E-state index is 5.98. The van der Waals surface area contributed by atoms with Crippen LogP contribution in [0.25, 0.3) is 0 Å². The van der Waals surface area contributed by atoms with Crippen molar-refractivity contribution in [2.75, 3.05) is 32.8 Å². The number of hydrogen-bond donors (Lipinski definition) is 0. The second-order valence-corrected chi connectivity index (χ2v) is 12.8. The van der Waals surface area contributed by atoms with Gasteiger partial charge >= 0.3 is 0 Å². The van der Waals surface area contributed by atoms with Gasteiger partial charge in [0, 0.05) is 26.1 Å². The van der Waals surface area contributed by atoms with Gasteiger partial charge in [-0.3, -0.25) is 4.99 Å². The zero-order chi connectivity index (χ0) is 28.6. The Morgan fingerprint density at radius 2 is 0.850 bits per heavy atom. The molecule has 1 rings (SSSR count). The van der Waals surface area contributed by atoms with Gasteiger partial charge in [-0.25, -0.2) is 0 Å². The number of hydrogen-bond acceptors (Lipinski definition) is 3. The molecule has 0 radical (unpaired) electrons. The summed E-state index contributed by atoms with van der Waals surface area (Å²) in [4.78, 5) is 7.29. The molecule has 0 atom stereocenters. The van der Waals surface area contributed by atoms with Gasteiger partial charge in [0.15, 0.2) is 0 Å². The molecule has 238 valence electrons. The van der Waals surface area contributed by atoms with Crippen molar-refractivity contribution in [3.63, 3.8) is 0 Å². The minimum Gasteiger partial charge on any atom is -0.380 e. The predicted molar refractivity (Wildman–Crippen MR) is 180 cm³/mol. The van der Waals surface area contributed by atoms with E-state index in [1.165, 1.54) is 192 Å². The van der Waals surface area contributed by atoms with Crippen LogP contribution in [0, 0.1) is 0 Å². The van der Waals surface area contributed by atoms with Crippen molar-refractivity contribution in [2.24, 2.45) is 4.99 Å². The first-order valence-electron chi connectivity index (χ1n) is 18.7. The minimum absolute atomic E-state index is 0.871. The molecular formula is C37H74N2O. The Kier molecular flexibility index (Phi) is 29.4. The van der Waals surface area contributed by atoms with Gasteiger partial charge in [0.2, 0.25) is 0 Å². The Hall–Kier alpha value is -0.570. The second kappa shape index (κ2) is 31.4. The molecule has 0 aromatic carbocycles. The molecule has 0 unspecified atom stereocenters. The molecule has 0 bridgehead atoms. The molecule has 1 heterocycles. The van der Waals surface area contributed by atoms with Crippen molar-refractivity contribution >= 4 is 5.84 Å². The quantitative estimate of drug-likeness (QED) is 0.0743. The maximum Gasteiger partial charge on any atom is 0.0991 e. The summed E-state index contributed by atoms with van der Waals surface area (Å²) in [5.41, 5.74) is 0. The van der Waals surface area contributed by atoms with Crippen LogP contribution < -0.4 is 0 Å². The molecule has 3 heteroatoms. The van der Waals surface area contributed by atoms with E-state index in [-0.39, 0.29) is 0 Å². The standard InChI is InChI=1S/C37H74N2O/c1-3-5-7-9-11-13-15-17-19-21-23-25-27-29-31-37-38-32-33-39(37)34-36-40-35-30-28-26-24-22-20-18-16-14-12-10-8-6-4-2/h3-36H2,1-2H3. The van der Waals surface area contributed by atoms with Crippen LogP contribution in [0.4, 0.5) is 0 Å². The molecule has 1 aliphatic rings. The zero-order valence-corrected chi connectivity index (χ0v) is 27.8. The van der Waals surface area contributed by atoms with Gasteiger partial charge in [-0.2, -0.15) is 0 Å². The SMILES string of the molecule is CCCCCCCCCCCCCCCCOCCN1CCN=C1CCCCCCCCCCCCCCCC. The molecule has 3 nitrogen and oxygen atoms in total. The lowest BCUT2D eigenvalue weighted by molar-refractivity contribution is 0.118. The first kappa shape index (κ1) is 37.5. The van der Waals surface area contributed by atoms with Crippen molar-refractivity contribution in [3.8, 4) is 0 Å². The van der Waals surface area contributed by atoms with Crippen LogP contribution in [0.2, 0.25) is 0 Å². The molecule has 0 amide bonds. The normalized spacial score (nSPS) is 13.4. The average molecular weight is 563 g/mol. The lowest BCUT2D eigenvalue weighted by atomic mass is 10.0. The van der Waals surface area contributed by atoms with Crippen molar-refractivity contribution in [2.45, 2.75) is 200 Å². The number of unbranched alkanes of at least 4 members (excludes halogenated alkanes) is 26. The van der Waals surface area contributed by atoms with E-state index < -0.39 is 0 Å². The third-order valence-electron chi connectivity index (χ3n) is 8.93. The minimum atomic E-state index is 0.871. The molecule has 0 aromatic heterocycles. The van der Waals surface area contributed by atoms with E-state index in [2.05, 4.69) is 18.7 Å². The highest BCUT2D eigenvalue weighted by atomic mass is 16.5. The molecule has 0 fully saturated rings. The number of nitrogens with zero attached hydrogens (tertiary/aromatic N) is 2. The van der Waals surface area contributed by atoms with Gasteiger partial charge in [-0.15, -0.1) is 0 Å². The van der Waals surface area contributed by atoms with Crippen LogP contribution in [0.3, 0.4) is 0 Å². The van der Waals surface area contributed by atoms with Crippen LogP contribution in [0.15, 0.2) is 4.99 Å². The third kappa shape index (κ3) is 25.2. The van der Waals surface area contributed by atoms with Gasteiger partial charge in [-0.1, -0.05) is 181 Å². The second-order valence-electron chi connectivity index (χ2n) is 12.8. The molecular weight excluding hydrogens is 488 g/mol. The number of rotatable bonds is 33. The summed E-state index contributed by atoms with van der Waals surface area (Å²) in [6, 6.07) is 0. The fourth-order valence-electron chi connectivity index (χ4n) is 6.16. The molecule has 0 N–H and O–H groups in total. The van der Waals surface area contributed by atoms with Crippen LogP contribution in [0.1, 0.15) is 200 Å². The Morgan fingerprint density at radius 3 is 1.27 bits per heavy atom. The highest BCUT2D eigenvalue weighted by Gasteiger charge is 2.15. The predicted octanol–water partition coefficient (Wildman–Crippen LogP) is 12.1. The van der Waals surface area contributed by atoms with E-state index in [1.807, 2.05) is 0 Å². The number of aliphatic imine (C=N–C) groups is 1. The molecule has 0 spiro atoms. The van der Waals surface area contributed by atoms with Crippen molar-refractivity contribution in [1.82, 2.24) is 4.90 Å². The Balaban J connectivity index is 1.79. The summed E-state index contributed by atoms with van der Waals surface area (Å²) in [7, 11) is 0. The highest BCUT2D eigenvalue weighted by Crippen LogP contribution is 2.16. The smallest absolute Gasteiger partial charge is 0.0991 e. The van der Waals surface area contributed by atoms with Gasteiger partial charge in [0.1, 0.15) is 0 Å². The molecule has 0 aromatic rings. The summed E-state index contributed by atoms with van der Waals surface area (Å²) >= 11 is 0. The molecule has 1 aliphatic heterocycles. The lowest BCUT2D eigenvalue weighted by Crippen LogP contribution is -2.31. The van der Waals surface area contributed by atoms with E-state index >= 15 is 0 Å². The van der Waals surface area contributed by atoms with Crippen molar-refractivity contribution in [3.05, 3.63) is 0 Å². The van der Waals surface area contributed by atoms with E-state index in [0.29, 0.717) is 0 Å². The Morgan fingerprint density at radius 1 is 0.475 bits per heavy atom. The Labute approximate surface area is 253 Å². The van der Waals surface area contributed by atoms with Gasteiger partial charge in [0.05, 0.1) is 19.0 Å². The largest absolute Gasteiger partial charge is 0.380 e. The monoisotopic (exact) mass is 563 g/mol. The lowest BCUT2D eigenvalue weighted by Gasteiger charge is -2.20. The summed E-state index contributed by atoms with van der Waals surface area (Å²) < 4.78 is 5.98. The van der Waals surface area contributed by atoms with E-state index in [0.717, 1.165) is 32.8 Å². The third-order valence-corrected chi connectivity index (χ3v) is 8.93. The number of amidine groups is 1. The van der Waals surface area contributed by atoms with Crippen LogP contribution >= 0.6 is 0 Å². The fourth-order valence-corrected chi connectivity index (χ4v) is 6.16. The summed E-state index contributed by atoms with van der Waals surface area (Å²) in [5.74, 6) is 1.36. The summed E-state index contributed by atoms with van der Waals surface area (Å²) in [5, 5.41) is 0. The van der Waals surface area contributed by atoms with Crippen LogP contribution in [-0.4, -0.2) is 43.6 Å². The first-order chi connectivity index (χ1) is 19.9. The van der Waals surface area contributed by atoms with Crippen LogP contribution in [0.5, 0.6) is 0 Å². The zero-order valence-electron chi connectivity index (χ0n) is 27.8. The molecule has 0 aliphatic carbocycles. The van der Waals surface area contributed by atoms with Gasteiger partial charge in [0.25, 0.3) is 0 Å². The topological polar surface area (TPSA) is 24.8 Å². The van der Waals surface area contributed by atoms with E-state index in [4.69, 9.17) is 9.73 Å². The van der Waals surface area contributed by atoms with E-state index in [9.17, 15) is 0 Å². The van der Waals surface area contributed by atoms with Crippen LogP contribution in [-0.2, 0) is 4.74 Å². The van der Waals surface area contributed by atoms with Gasteiger partial charge < -0.3 is 9.64 Å². The molecule has 0 saturated carbocycles. The summed E-state index contributed by atoms with van der Waals surface area (Å²) in [6.07, 6.45) is 41.0. The number of ether oxygens (including phenoxy) is 1. The first-order valence-corrected chi connectivity index (χ1v) is 18.7. The van der Waals surface area contributed by atoms with Crippen molar-refractivity contribution in [1.29, 1.82) is 0 Å². The van der Waals surface area contributed by atoms with Gasteiger partial charge in [-0.05, 0) is 12.8 Å². The van der Waals surface area contributed by atoms with E-state index in [1.54, 1.807) is 0 Å². The fraction of sp³-hybridized carbons (Fsp3) is 0.973. The summed E-state index contributed by atoms with van der Waals surface area (Å²) in [6.45, 7) is 9.55. The highest BCUT2D eigenvalue weighted by molar-refractivity contribution is 5.83. The van der Waals surface area contributed by atoms with Crippen molar-refractivity contribution < 1.29 is 4.74 Å². The maximum atomic E-state index is 5.98. The molecule has 0 saturated heterocycles. The Bertz CT molecular complexity index is 520. The average Bonchev–Trinajstić information content (AvgIpc) is 3.42. The molecule has 40 heavy (non-hydrogen) atoms.